The molecule has 0 spiro atoms. The summed E-state index contributed by atoms with van der Waals surface area (Å²) < 4.78 is 0. The molecule has 6 nitrogen and oxygen atoms in total. The van der Waals surface area contributed by atoms with Crippen molar-refractivity contribution in [2.75, 3.05) is 0 Å². The van der Waals surface area contributed by atoms with Crippen LogP contribution in [0.25, 0.3) is 0 Å². The van der Waals surface area contributed by atoms with Gasteiger partial charge >= 0.3 is 0 Å². The number of nitrogens with two attached hydrogens (primary N) is 1. The molecule has 1 amide bonds. The van der Waals surface area contributed by atoms with Gasteiger partial charge in [0.15, 0.2) is 17.8 Å². The van der Waals surface area contributed by atoms with Gasteiger partial charge in [0, 0.05) is 0 Å². The van der Waals surface area contributed by atoms with Crippen molar-refractivity contribution >= 4 is 34.4 Å². The topological polar surface area (TPSA) is 92.2 Å². The van der Waals surface area contributed by atoms with Crippen LogP contribution in [0.3, 0.4) is 0 Å². The molecule has 12 heavy (non-hydrogen) atoms. The maximum Gasteiger partial charge on any atom is 0.276 e. The molecular formula is C5H4ClN5O. The van der Waals surface area contributed by atoms with Crippen LogP contribution in [0.15, 0.2) is 15.0 Å². The predicted octanol–water partition coefficient (Wildman–Crippen LogP) is -1.19. The van der Waals surface area contributed by atoms with Crippen molar-refractivity contribution in [2.24, 2.45) is 20.7 Å². The zero-order chi connectivity index (χ0) is 8.72. The molecule has 0 aliphatic carbocycles. The second-order valence-corrected chi connectivity index (χ2v) is 2.55. The van der Waals surface area contributed by atoms with E-state index in [-0.39, 0.29) is 16.8 Å². The summed E-state index contributed by atoms with van der Waals surface area (Å²) in [5.74, 6) is -0.192. The van der Waals surface area contributed by atoms with Gasteiger partial charge < -0.3 is 5.32 Å². The summed E-state index contributed by atoms with van der Waals surface area (Å²) >= 11 is 5.46. The highest BCUT2D eigenvalue weighted by Crippen LogP contribution is 2.07. The molecule has 0 aromatic heterocycles. The molecule has 2 aliphatic rings. The molecular weight excluding hydrogens is 182 g/mol. The fourth-order valence-electron chi connectivity index (χ4n) is 0.917. The summed E-state index contributed by atoms with van der Waals surface area (Å²) in [5, 5.41) is 2.37. The Labute approximate surface area is 72.2 Å². The molecule has 3 N–H and O–H groups in total. The van der Waals surface area contributed by atoms with E-state index in [1.165, 1.54) is 0 Å². The monoisotopic (exact) mass is 185 g/mol. The van der Waals surface area contributed by atoms with Crippen LogP contribution in [-0.4, -0.2) is 29.0 Å². The molecule has 0 fully saturated rings. The minimum atomic E-state index is -0.752. The molecule has 0 bridgehead atoms. The fraction of sp³-hybridized carbons (Fsp3) is 0.200. The minimum absolute atomic E-state index is 0.00741. The summed E-state index contributed by atoms with van der Waals surface area (Å²) in [5.41, 5.74) is 5.47. The molecule has 2 heterocycles. The lowest BCUT2D eigenvalue weighted by Gasteiger charge is -2.14. The van der Waals surface area contributed by atoms with Crippen molar-refractivity contribution < 1.29 is 4.79 Å². The van der Waals surface area contributed by atoms with E-state index in [0.717, 1.165) is 0 Å². The molecule has 1 unspecified atom stereocenters. The molecule has 0 saturated heterocycles. The number of hydrogen-bond acceptors (Lipinski definition) is 5. The number of rotatable bonds is 0. The smallest absolute Gasteiger partial charge is 0.276 e. The number of amidine groups is 2. The van der Waals surface area contributed by atoms with Gasteiger partial charge in [0.05, 0.1) is 0 Å². The van der Waals surface area contributed by atoms with Gasteiger partial charge in [-0.25, -0.2) is 9.98 Å². The zero-order valence-electron chi connectivity index (χ0n) is 5.78. The largest absolute Gasteiger partial charge is 0.316 e. The summed E-state index contributed by atoms with van der Waals surface area (Å²) in [6.07, 6.45) is -0.752. The zero-order valence-corrected chi connectivity index (χ0v) is 6.54. The van der Waals surface area contributed by atoms with Gasteiger partial charge in [-0.1, -0.05) is 0 Å². The lowest BCUT2D eigenvalue weighted by molar-refractivity contribution is -0.115. The molecule has 0 saturated carbocycles. The van der Waals surface area contributed by atoms with E-state index in [4.69, 9.17) is 17.3 Å². The fourth-order valence-corrected chi connectivity index (χ4v) is 1.08. The Morgan fingerprint density at radius 3 is 3.00 bits per heavy atom. The Kier molecular flexibility index (Phi) is 1.45. The third kappa shape index (κ3) is 1.01. The van der Waals surface area contributed by atoms with Crippen molar-refractivity contribution in [3.05, 3.63) is 0 Å². The van der Waals surface area contributed by atoms with Crippen LogP contribution in [0.2, 0.25) is 0 Å². The SMILES string of the molecule is NC1N=C2N=C(Cl)N=C2C(=O)N1. The first-order valence-corrected chi connectivity index (χ1v) is 3.52. The highest BCUT2D eigenvalue weighted by atomic mass is 35.5. The maximum absolute atomic E-state index is 11.1. The molecule has 0 radical (unpaired) electrons. The van der Waals surface area contributed by atoms with Gasteiger partial charge in [0.1, 0.15) is 0 Å². The lowest BCUT2D eigenvalue weighted by Crippen LogP contribution is -2.49. The first-order chi connectivity index (χ1) is 5.66. The third-order valence-electron chi connectivity index (χ3n) is 1.37. The molecule has 2 aliphatic heterocycles. The number of halogens is 1. The molecule has 2 rings (SSSR count). The van der Waals surface area contributed by atoms with E-state index >= 15 is 0 Å². The van der Waals surface area contributed by atoms with Gasteiger partial charge in [-0.3, -0.25) is 10.5 Å². The Morgan fingerprint density at radius 2 is 2.25 bits per heavy atom. The molecule has 0 aromatic rings. The van der Waals surface area contributed by atoms with Gasteiger partial charge in [-0.15, -0.1) is 0 Å². The lowest BCUT2D eigenvalue weighted by atomic mass is 10.3. The predicted molar refractivity (Wildman–Crippen MR) is 44.3 cm³/mol. The number of fused-ring (bicyclic) bond motifs is 1. The second kappa shape index (κ2) is 2.36. The number of carbonyl (C=O) groups excluding carboxylic acids is 1. The number of amides is 1. The number of aliphatic imine (C=N–C) groups is 3. The van der Waals surface area contributed by atoms with E-state index in [9.17, 15) is 4.79 Å². The van der Waals surface area contributed by atoms with Crippen LogP contribution in [0.4, 0.5) is 0 Å². The first kappa shape index (κ1) is 7.38. The van der Waals surface area contributed by atoms with Crippen molar-refractivity contribution in [2.45, 2.75) is 6.29 Å². The quantitative estimate of drug-likeness (QED) is 0.465. The number of hydrogen-bond donors (Lipinski definition) is 2. The van der Waals surface area contributed by atoms with Crippen LogP contribution in [-0.2, 0) is 4.79 Å². The summed E-state index contributed by atoms with van der Waals surface area (Å²) in [7, 11) is 0. The number of nitrogens with one attached hydrogen (secondary N) is 1. The van der Waals surface area contributed by atoms with Gasteiger partial charge in [0.2, 0.25) is 5.29 Å². The van der Waals surface area contributed by atoms with Crippen molar-refractivity contribution in [3.8, 4) is 0 Å². The van der Waals surface area contributed by atoms with Crippen molar-refractivity contribution in [3.63, 3.8) is 0 Å². The van der Waals surface area contributed by atoms with Gasteiger partial charge in [0.25, 0.3) is 5.91 Å². The van der Waals surface area contributed by atoms with Gasteiger partial charge in [-0.05, 0) is 11.6 Å². The van der Waals surface area contributed by atoms with E-state index in [1.807, 2.05) is 0 Å². The average molecular weight is 186 g/mol. The van der Waals surface area contributed by atoms with Crippen LogP contribution in [0, 0.1) is 0 Å². The first-order valence-electron chi connectivity index (χ1n) is 3.14. The summed E-state index contributed by atoms with van der Waals surface area (Å²) in [4.78, 5) is 22.3. The third-order valence-corrected chi connectivity index (χ3v) is 1.54. The number of nitrogens with zero attached hydrogens (tertiary/aromatic N) is 3. The van der Waals surface area contributed by atoms with Crippen LogP contribution >= 0.6 is 11.6 Å². The standard InChI is InChI=1S/C5H4ClN5O/c6-4-8-1-2(9-4)10-5(7)11-3(1)12/h5H,7H2,(H,11,12). The average Bonchev–Trinajstić information content (AvgIpc) is 2.29. The van der Waals surface area contributed by atoms with E-state index in [1.54, 1.807) is 0 Å². The Morgan fingerprint density at radius 1 is 1.50 bits per heavy atom. The van der Waals surface area contributed by atoms with Crippen molar-refractivity contribution in [1.82, 2.24) is 5.32 Å². The number of carbonyl (C=O) groups is 1. The Hall–Kier alpha value is -1.27. The highest BCUT2D eigenvalue weighted by Gasteiger charge is 2.29. The second-order valence-electron chi connectivity index (χ2n) is 2.21. The van der Waals surface area contributed by atoms with Crippen LogP contribution < -0.4 is 11.1 Å². The highest BCUT2D eigenvalue weighted by molar-refractivity contribution is 6.78. The van der Waals surface area contributed by atoms with Gasteiger partial charge in [-0.2, -0.15) is 4.99 Å². The molecule has 7 heteroatoms. The molecule has 1 atom stereocenters. The summed E-state index contributed by atoms with van der Waals surface area (Å²) in [6, 6.07) is 0. The van der Waals surface area contributed by atoms with E-state index in [0.29, 0.717) is 0 Å². The van der Waals surface area contributed by atoms with Crippen LogP contribution in [0.1, 0.15) is 0 Å². The molecule has 62 valence electrons. The normalized spacial score (nSPS) is 27.0. The Balaban J connectivity index is 2.46. The van der Waals surface area contributed by atoms with E-state index < -0.39 is 12.2 Å². The maximum atomic E-state index is 11.1. The minimum Gasteiger partial charge on any atom is -0.316 e. The molecule has 0 aromatic carbocycles. The Bertz CT molecular complexity index is 344. The summed E-state index contributed by atoms with van der Waals surface area (Å²) in [6.45, 7) is 0. The van der Waals surface area contributed by atoms with Crippen molar-refractivity contribution in [1.29, 1.82) is 0 Å². The van der Waals surface area contributed by atoms with Crippen LogP contribution in [0.5, 0.6) is 0 Å². The van der Waals surface area contributed by atoms with E-state index in [2.05, 4.69) is 20.3 Å².